The zero-order valence-corrected chi connectivity index (χ0v) is 13.2. The molecular weight excluding hydrogens is 331 g/mol. The normalized spacial score (nSPS) is 11.0. The Kier molecular flexibility index (Phi) is 4.43. The van der Waals surface area contributed by atoms with E-state index in [0.29, 0.717) is 16.3 Å². The Morgan fingerprint density at radius 2 is 1.86 bits per heavy atom. The minimum Gasteiger partial charge on any atom is -0.279 e. The lowest BCUT2D eigenvalue weighted by Gasteiger charge is -2.12. The summed E-state index contributed by atoms with van der Waals surface area (Å²) in [6, 6.07) is 10.7. The summed E-state index contributed by atoms with van der Waals surface area (Å²) in [7, 11) is -3.89. The Morgan fingerprint density at radius 1 is 1.14 bits per heavy atom. The number of rotatable bonds is 3. The van der Waals surface area contributed by atoms with E-state index in [1.807, 2.05) is 6.07 Å². The maximum absolute atomic E-state index is 12.4. The van der Waals surface area contributed by atoms with Crippen molar-refractivity contribution >= 4 is 38.9 Å². The van der Waals surface area contributed by atoms with Crippen molar-refractivity contribution in [3.63, 3.8) is 0 Å². The van der Waals surface area contributed by atoms with Gasteiger partial charge in [-0.2, -0.15) is 5.26 Å². The number of hydrogen-bond acceptors (Lipinski definition) is 3. The third-order valence-electron chi connectivity index (χ3n) is 2.78. The predicted molar refractivity (Wildman–Crippen MR) is 83.2 cm³/mol. The number of nitrogens with one attached hydrogen (secondary N) is 1. The van der Waals surface area contributed by atoms with Crippen LogP contribution in [0.15, 0.2) is 41.3 Å². The van der Waals surface area contributed by atoms with Gasteiger partial charge in [0.05, 0.1) is 22.3 Å². The van der Waals surface area contributed by atoms with Gasteiger partial charge in [0.2, 0.25) is 0 Å². The molecular formula is C14H10Cl2N2O2S. The monoisotopic (exact) mass is 340 g/mol. The maximum atomic E-state index is 12.4. The number of hydrogen-bond donors (Lipinski definition) is 1. The average Bonchev–Trinajstić information content (AvgIpc) is 2.42. The number of sulfonamides is 1. The van der Waals surface area contributed by atoms with Crippen LogP contribution in [-0.2, 0) is 10.0 Å². The molecule has 2 rings (SSSR count). The van der Waals surface area contributed by atoms with E-state index in [1.54, 1.807) is 25.1 Å². The van der Waals surface area contributed by atoms with E-state index in [0.717, 1.165) is 0 Å². The average molecular weight is 341 g/mol. The molecule has 0 saturated heterocycles. The van der Waals surface area contributed by atoms with Gasteiger partial charge in [0.15, 0.2) is 0 Å². The maximum Gasteiger partial charge on any atom is 0.263 e. The summed E-state index contributed by atoms with van der Waals surface area (Å²) in [6.45, 7) is 1.73. The second kappa shape index (κ2) is 5.94. The van der Waals surface area contributed by atoms with Gasteiger partial charge in [-0.05, 0) is 48.9 Å². The molecule has 0 aliphatic heterocycles. The van der Waals surface area contributed by atoms with Crippen LogP contribution in [0.4, 0.5) is 5.69 Å². The molecule has 7 heteroatoms. The van der Waals surface area contributed by atoms with Gasteiger partial charge in [-0.3, -0.25) is 4.72 Å². The van der Waals surface area contributed by atoms with Crippen LogP contribution in [0.1, 0.15) is 11.1 Å². The van der Waals surface area contributed by atoms with Gasteiger partial charge in [-0.15, -0.1) is 0 Å². The van der Waals surface area contributed by atoms with Crippen molar-refractivity contribution in [2.75, 3.05) is 4.72 Å². The number of anilines is 1. The van der Waals surface area contributed by atoms with Crippen molar-refractivity contribution in [2.24, 2.45) is 0 Å². The Bertz CT molecular complexity index is 843. The van der Waals surface area contributed by atoms with E-state index in [4.69, 9.17) is 28.5 Å². The fourth-order valence-electron chi connectivity index (χ4n) is 1.72. The van der Waals surface area contributed by atoms with Gasteiger partial charge in [0.1, 0.15) is 4.90 Å². The lowest BCUT2D eigenvalue weighted by atomic mass is 10.2. The van der Waals surface area contributed by atoms with Crippen LogP contribution in [0.25, 0.3) is 0 Å². The number of halogens is 2. The standard InChI is InChI=1S/C14H10Cl2N2O2S/c1-9-6-11(15)3-5-13(9)18-21(19,20)14-7-10(8-17)2-4-12(14)16/h2-7,18H,1H3. The van der Waals surface area contributed by atoms with Crippen LogP contribution < -0.4 is 4.72 Å². The highest BCUT2D eigenvalue weighted by atomic mass is 35.5. The highest BCUT2D eigenvalue weighted by molar-refractivity contribution is 7.92. The number of nitriles is 1. The predicted octanol–water partition coefficient (Wildman–Crippen LogP) is 3.97. The topological polar surface area (TPSA) is 70.0 Å². The summed E-state index contributed by atoms with van der Waals surface area (Å²) >= 11 is 11.8. The molecule has 0 radical (unpaired) electrons. The summed E-state index contributed by atoms with van der Waals surface area (Å²) in [5.41, 5.74) is 1.30. The van der Waals surface area contributed by atoms with Gasteiger partial charge < -0.3 is 0 Å². The molecule has 1 N–H and O–H groups in total. The Hall–Kier alpha value is -1.74. The van der Waals surface area contributed by atoms with Gasteiger partial charge in [-0.1, -0.05) is 23.2 Å². The van der Waals surface area contributed by atoms with Crippen LogP contribution in [0.3, 0.4) is 0 Å². The lowest BCUT2D eigenvalue weighted by molar-refractivity contribution is 0.601. The number of nitrogens with zero attached hydrogens (tertiary/aromatic N) is 1. The molecule has 0 aliphatic carbocycles. The van der Waals surface area contributed by atoms with Gasteiger partial charge >= 0.3 is 0 Å². The van der Waals surface area contributed by atoms with E-state index < -0.39 is 10.0 Å². The first-order chi connectivity index (χ1) is 9.83. The highest BCUT2D eigenvalue weighted by Crippen LogP contribution is 2.27. The Morgan fingerprint density at radius 3 is 2.48 bits per heavy atom. The molecule has 0 aromatic heterocycles. The number of aryl methyl sites for hydroxylation is 1. The van der Waals surface area contributed by atoms with E-state index in [2.05, 4.69) is 4.72 Å². The first-order valence-electron chi connectivity index (χ1n) is 5.82. The van der Waals surface area contributed by atoms with Crippen LogP contribution in [0.5, 0.6) is 0 Å². The summed E-state index contributed by atoms with van der Waals surface area (Å²) in [5, 5.41) is 9.42. The van der Waals surface area contributed by atoms with Crippen molar-refractivity contribution < 1.29 is 8.42 Å². The van der Waals surface area contributed by atoms with E-state index in [1.165, 1.54) is 18.2 Å². The fourth-order valence-corrected chi connectivity index (χ4v) is 3.60. The molecule has 21 heavy (non-hydrogen) atoms. The molecule has 0 fully saturated rings. The van der Waals surface area contributed by atoms with Gasteiger partial charge in [0.25, 0.3) is 10.0 Å². The third kappa shape index (κ3) is 3.48. The zero-order chi connectivity index (χ0) is 15.6. The number of benzene rings is 2. The van der Waals surface area contributed by atoms with Crippen molar-refractivity contribution in [3.05, 3.63) is 57.6 Å². The van der Waals surface area contributed by atoms with Crippen molar-refractivity contribution in [3.8, 4) is 6.07 Å². The van der Waals surface area contributed by atoms with Crippen LogP contribution in [0, 0.1) is 18.3 Å². The fraction of sp³-hybridized carbons (Fsp3) is 0.0714. The van der Waals surface area contributed by atoms with E-state index >= 15 is 0 Å². The smallest absolute Gasteiger partial charge is 0.263 e. The van der Waals surface area contributed by atoms with Crippen molar-refractivity contribution in [1.82, 2.24) is 0 Å². The second-order valence-corrected chi connectivity index (χ2v) is 6.82. The molecule has 0 unspecified atom stereocenters. The molecule has 0 amide bonds. The molecule has 0 atom stereocenters. The molecule has 0 heterocycles. The highest BCUT2D eigenvalue weighted by Gasteiger charge is 2.19. The molecule has 0 bridgehead atoms. The summed E-state index contributed by atoms with van der Waals surface area (Å²) in [5.74, 6) is 0. The lowest BCUT2D eigenvalue weighted by Crippen LogP contribution is -2.14. The molecule has 4 nitrogen and oxygen atoms in total. The van der Waals surface area contributed by atoms with Gasteiger partial charge in [-0.25, -0.2) is 8.42 Å². The van der Waals surface area contributed by atoms with Gasteiger partial charge in [0, 0.05) is 5.02 Å². The van der Waals surface area contributed by atoms with E-state index in [9.17, 15) is 8.42 Å². The summed E-state index contributed by atoms with van der Waals surface area (Å²) in [4.78, 5) is -0.141. The van der Waals surface area contributed by atoms with Crippen molar-refractivity contribution in [2.45, 2.75) is 11.8 Å². The zero-order valence-electron chi connectivity index (χ0n) is 10.9. The Balaban J connectivity index is 2.46. The first-order valence-corrected chi connectivity index (χ1v) is 8.06. The molecule has 2 aromatic carbocycles. The SMILES string of the molecule is Cc1cc(Cl)ccc1NS(=O)(=O)c1cc(C#N)ccc1Cl. The quantitative estimate of drug-likeness (QED) is 0.918. The second-order valence-electron chi connectivity index (χ2n) is 4.32. The molecule has 108 valence electrons. The Labute approximate surface area is 133 Å². The minimum atomic E-state index is -3.89. The molecule has 2 aromatic rings. The molecule has 0 spiro atoms. The van der Waals surface area contributed by atoms with Crippen molar-refractivity contribution in [1.29, 1.82) is 5.26 Å². The van der Waals surface area contributed by atoms with Crippen LogP contribution in [-0.4, -0.2) is 8.42 Å². The molecule has 0 aliphatic rings. The minimum absolute atomic E-state index is 0.0492. The summed E-state index contributed by atoms with van der Waals surface area (Å²) < 4.78 is 27.2. The van der Waals surface area contributed by atoms with Crippen LogP contribution >= 0.6 is 23.2 Å². The first kappa shape index (κ1) is 15.6. The van der Waals surface area contributed by atoms with Crippen LogP contribution in [0.2, 0.25) is 10.0 Å². The third-order valence-corrected chi connectivity index (χ3v) is 4.86. The largest absolute Gasteiger partial charge is 0.279 e. The van der Waals surface area contributed by atoms with E-state index in [-0.39, 0.29) is 15.5 Å². The molecule has 0 saturated carbocycles. The summed E-state index contributed by atoms with van der Waals surface area (Å²) in [6.07, 6.45) is 0.